The predicted octanol–water partition coefficient (Wildman–Crippen LogP) is 5.18. The fourth-order valence-electron chi connectivity index (χ4n) is 6.11. The van der Waals surface area contributed by atoms with Crippen molar-refractivity contribution < 1.29 is 24.2 Å². The van der Waals surface area contributed by atoms with Crippen molar-refractivity contribution in [3.63, 3.8) is 0 Å². The number of piperidine rings is 1. The van der Waals surface area contributed by atoms with Gasteiger partial charge >= 0.3 is 12.1 Å². The van der Waals surface area contributed by atoms with E-state index in [1.165, 1.54) is 0 Å². The van der Waals surface area contributed by atoms with E-state index in [9.17, 15) is 19.5 Å². The zero-order valence-corrected chi connectivity index (χ0v) is 24.2. The average Bonchev–Trinajstić information content (AvgIpc) is 3.33. The van der Waals surface area contributed by atoms with Gasteiger partial charge in [0.2, 0.25) is 5.91 Å². The van der Waals surface area contributed by atoms with Gasteiger partial charge in [-0.15, -0.1) is 0 Å². The van der Waals surface area contributed by atoms with Gasteiger partial charge in [0, 0.05) is 25.6 Å². The topological polar surface area (TPSA) is 108 Å². The van der Waals surface area contributed by atoms with Crippen LogP contribution in [0.1, 0.15) is 55.7 Å². The quantitative estimate of drug-likeness (QED) is 0.311. The number of nitrogens with zero attached hydrogens (tertiary/aromatic N) is 1. The minimum Gasteiger partial charge on any atom is -0.480 e. The highest BCUT2D eigenvalue weighted by atomic mass is 16.5. The molecule has 0 radical (unpaired) electrons. The summed E-state index contributed by atoms with van der Waals surface area (Å²) in [7, 11) is 0. The molecule has 2 atom stereocenters. The maximum atomic E-state index is 13.6. The summed E-state index contributed by atoms with van der Waals surface area (Å²) in [5.74, 6) is -1.89. The number of likely N-dealkylation sites (tertiary alicyclic amines) is 1. The molecule has 3 aromatic rings. The first-order chi connectivity index (χ1) is 20.3. The summed E-state index contributed by atoms with van der Waals surface area (Å²) in [6.07, 6.45) is 0.476. The fourth-order valence-corrected chi connectivity index (χ4v) is 6.11. The van der Waals surface area contributed by atoms with Crippen molar-refractivity contribution in [2.45, 2.75) is 57.2 Å². The molecule has 5 rings (SSSR count). The Bertz CT molecular complexity index is 1370. The highest BCUT2D eigenvalue weighted by Crippen LogP contribution is 2.44. The van der Waals surface area contributed by atoms with Crippen LogP contribution in [0.15, 0.2) is 78.9 Å². The lowest BCUT2D eigenvalue weighted by molar-refractivity contribution is -0.150. The Kier molecular flexibility index (Phi) is 8.92. The van der Waals surface area contributed by atoms with Crippen LogP contribution in [-0.4, -0.2) is 59.3 Å². The van der Waals surface area contributed by atoms with Gasteiger partial charge in [0.25, 0.3) is 0 Å². The Morgan fingerprint density at radius 2 is 1.50 bits per heavy atom. The number of carbonyl (C=O) groups is 3. The van der Waals surface area contributed by atoms with E-state index in [1.807, 2.05) is 80.6 Å². The largest absolute Gasteiger partial charge is 0.480 e. The van der Waals surface area contributed by atoms with Crippen molar-refractivity contribution in [2.24, 2.45) is 5.92 Å². The zero-order chi connectivity index (χ0) is 29.7. The lowest BCUT2D eigenvalue weighted by Crippen LogP contribution is -2.63. The zero-order valence-electron chi connectivity index (χ0n) is 24.2. The van der Waals surface area contributed by atoms with Crippen LogP contribution < -0.4 is 10.6 Å². The maximum absolute atomic E-state index is 13.6. The molecule has 220 valence electrons. The fraction of sp³-hybridized carbons (Fsp3) is 0.382. The summed E-state index contributed by atoms with van der Waals surface area (Å²) in [6.45, 7) is 5.72. The summed E-state index contributed by atoms with van der Waals surface area (Å²) in [5.41, 5.74) is 4.24. The van der Waals surface area contributed by atoms with E-state index in [-0.39, 0.29) is 31.3 Å². The molecule has 1 heterocycles. The van der Waals surface area contributed by atoms with Crippen LogP contribution >= 0.6 is 0 Å². The van der Waals surface area contributed by atoms with E-state index in [1.54, 1.807) is 0 Å². The lowest BCUT2D eigenvalue weighted by Gasteiger charge is -2.40. The van der Waals surface area contributed by atoms with Crippen LogP contribution in [0.3, 0.4) is 0 Å². The van der Waals surface area contributed by atoms with Gasteiger partial charge in [-0.2, -0.15) is 0 Å². The van der Waals surface area contributed by atoms with Crippen molar-refractivity contribution in [3.05, 3.63) is 95.6 Å². The average molecular weight is 570 g/mol. The number of carbonyl (C=O) groups excluding carboxylic acids is 2. The van der Waals surface area contributed by atoms with E-state index in [4.69, 9.17) is 4.74 Å². The van der Waals surface area contributed by atoms with Gasteiger partial charge in [-0.1, -0.05) is 99.1 Å². The molecule has 0 saturated carbocycles. The second-order valence-corrected chi connectivity index (χ2v) is 11.5. The molecule has 0 bridgehead atoms. The SMILES string of the molecule is CC[C@H](C)[C@H](NC(=O)OCC1c2ccccc2-c2ccccc21)C(=O)NC1(C(=O)O)CCN(Cc2ccccc2)CC1. The normalized spacial score (nSPS) is 17.4. The van der Waals surface area contributed by atoms with Crippen LogP contribution in [0.25, 0.3) is 11.1 Å². The van der Waals surface area contributed by atoms with Crippen LogP contribution in [0.4, 0.5) is 4.79 Å². The third-order valence-corrected chi connectivity index (χ3v) is 8.84. The molecule has 1 fully saturated rings. The number of amides is 2. The minimum atomic E-state index is -1.39. The molecule has 2 aliphatic rings. The number of alkyl carbamates (subject to hydrolysis) is 1. The molecule has 8 heteroatoms. The Morgan fingerprint density at radius 3 is 2.07 bits per heavy atom. The number of hydrogen-bond acceptors (Lipinski definition) is 5. The molecule has 1 aliphatic heterocycles. The molecule has 2 amide bonds. The van der Waals surface area contributed by atoms with Crippen LogP contribution in [0.5, 0.6) is 0 Å². The van der Waals surface area contributed by atoms with Gasteiger partial charge < -0.3 is 20.5 Å². The molecular weight excluding hydrogens is 530 g/mol. The number of ether oxygens (including phenoxy) is 1. The molecule has 8 nitrogen and oxygen atoms in total. The van der Waals surface area contributed by atoms with Crippen molar-refractivity contribution in [3.8, 4) is 11.1 Å². The number of carboxylic acid groups (broad SMARTS) is 1. The van der Waals surface area contributed by atoms with Crippen molar-refractivity contribution in [2.75, 3.05) is 19.7 Å². The Hall–Kier alpha value is -4.17. The first-order valence-electron chi connectivity index (χ1n) is 14.7. The third-order valence-electron chi connectivity index (χ3n) is 8.84. The Balaban J connectivity index is 1.22. The standard InChI is InChI=1S/C34H39N3O5/c1-3-23(2)30(31(38)36-34(32(39)40)17-19-37(20-18-34)21-24-11-5-4-6-12-24)35-33(41)42-22-29-27-15-9-7-13-25(27)26-14-8-10-16-28(26)29/h4-16,23,29-30H,3,17-22H2,1-2H3,(H,35,41)(H,36,38)(H,39,40)/t23-,30-/m0/s1. The van der Waals surface area contributed by atoms with Gasteiger partial charge in [0.15, 0.2) is 0 Å². The first-order valence-corrected chi connectivity index (χ1v) is 14.7. The van der Waals surface area contributed by atoms with E-state index in [2.05, 4.69) is 27.7 Å². The van der Waals surface area contributed by atoms with Crippen molar-refractivity contribution >= 4 is 18.0 Å². The van der Waals surface area contributed by atoms with Gasteiger partial charge in [0.1, 0.15) is 18.2 Å². The van der Waals surface area contributed by atoms with E-state index in [0.717, 1.165) is 34.4 Å². The number of fused-ring (bicyclic) bond motifs is 3. The highest BCUT2D eigenvalue weighted by molar-refractivity contribution is 5.91. The third kappa shape index (κ3) is 6.19. The second kappa shape index (κ2) is 12.8. The van der Waals surface area contributed by atoms with Crippen molar-refractivity contribution in [1.29, 1.82) is 0 Å². The van der Waals surface area contributed by atoms with Crippen LogP contribution in [0.2, 0.25) is 0 Å². The summed E-state index contributed by atoms with van der Waals surface area (Å²) >= 11 is 0. The van der Waals surface area contributed by atoms with E-state index in [0.29, 0.717) is 19.5 Å². The summed E-state index contributed by atoms with van der Waals surface area (Å²) < 4.78 is 5.70. The second-order valence-electron chi connectivity index (χ2n) is 11.5. The van der Waals surface area contributed by atoms with Crippen LogP contribution in [-0.2, 0) is 20.9 Å². The summed E-state index contributed by atoms with van der Waals surface area (Å²) in [4.78, 5) is 41.3. The molecule has 1 aliphatic carbocycles. The molecule has 0 aromatic heterocycles. The number of carboxylic acids is 1. The molecule has 42 heavy (non-hydrogen) atoms. The van der Waals surface area contributed by atoms with Gasteiger partial charge in [-0.05, 0) is 46.6 Å². The molecule has 1 saturated heterocycles. The molecule has 3 N–H and O–H groups in total. The van der Waals surface area contributed by atoms with E-state index < -0.39 is 29.6 Å². The molecule has 0 unspecified atom stereocenters. The number of aliphatic carboxylic acids is 1. The Labute approximate surface area is 247 Å². The van der Waals surface area contributed by atoms with Crippen LogP contribution in [0, 0.1) is 5.92 Å². The number of nitrogens with one attached hydrogen (secondary N) is 2. The maximum Gasteiger partial charge on any atom is 0.407 e. The van der Waals surface area contributed by atoms with Gasteiger partial charge in [-0.25, -0.2) is 9.59 Å². The molecule has 3 aromatic carbocycles. The first kappa shape index (κ1) is 29.3. The van der Waals surface area contributed by atoms with E-state index >= 15 is 0 Å². The summed E-state index contributed by atoms with van der Waals surface area (Å²) in [6, 6.07) is 25.3. The summed E-state index contributed by atoms with van der Waals surface area (Å²) in [5, 5.41) is 15.8. The lowest BCUT2D eigenvalue weighted by atomic mass is 9.86. The Morgan fingerprint density at radius 1 is 0.929 bits per heavy atom. The number of hydrogen-bond donors (Lipinski definition) is 3. The van der Waals surface area contributed by atoms with Gasteiger partial charge in [0.05, 0.1) is 0 Å². The number of benzene rings is 3. The predicted molar refractivity (Wildman–Crippen MR) is 161 cm³/mol. The number of rotatable bonds is 10. The monoisotopic (exact) mass is 569 g/mol. The highest BCUT2D eigenvalue weighted by Gasteiger charge is 2.44. The smallest absolute Gasteiger partial charge is 0.407 e. The minimum absolute atomic E-state index is 0.102. The molecule has 0 spiro atoms. The van der Waals surface area contributed by atoms with Gasteiger partial charge in [-0.3, -0.25) is 9.69 Å². The molecular formula is C34H39N3O5. The van der Waals surface area contributed by atoms with Crippen molar-refractivity contribution in [1.82, 2.24) is 15.5 Å².